The standard InChI is InChI=1S/C26H40N2O5/c1-2-3-4-5-6-7-8-9-10-11-12-13-14-15-16-19-27-25(29)21-22-20-23(28(32)33)17-18-24(22)26(30)31/h9-10,17-18,20H,2-8,11-16,19,21H2,1H3,(H,27,29)(H,30,31). The van der Waals surface area contributed by atoms with Gasteiger partial charge < -0.3 is 10.4 Å². The van der Waals surface area contributed by atoms with Gasteiger partial charge in [-0.05, 0) is 43.7 Å². The Labute approximate surface area is 197 Å². The normalized spacial score (nSPS) is 11.1. The third-order valence-corrected chi connectivity index (χ3v) is 5.64. The van der Waals surface area contributed by atoms with E-state index in [1.54, 1.807) is 0 Å². The van der Waals surface area contributed by atoms with E-state index in [0.717, 1.165) is 37.8 Å². The monoisotopic (exact) mass is 460 g/mol. The van der Waals surface area contributed by atoms with Crippen LogP contribution in [0.25, 0.3) is 0 Å². The van der Waals surface area contributed by atoms with Crippen molar-refractivity contribution >= 4 is 17.6 Å². The molecule has 0 aliphatic carbocycles. The summed E-state index contributed by atoms with van der Waals surface area (Å²) in [4.78, 5) is 33.7. The maximum Gasteiger partial charge on any atom is 0.335 e. The number of nitro groups is 1. The van der Waals surface area contributed by atoms with E-state index in [9.17, 15) is 24.8 Å². The molecule has 0 bridgehead atoms. The lowest BCUT2D eigenvalue weighted by atomic mass is 10.0. The fourth-order valence-corrected chi connectivity index (χ4v) is 3.71. The van der Waals surface area contributed by atoms with Crippen LogP contribution in [0.4, 0.5) is 5.69 Å². The SMILES string of the molecule is CCCCCCCCC=CCCCCCCCNC(=O)Cc1cc([N+](=O)[O-])ccc1C(=O)O. The molecule has 7 nitrogen and oxygen atoms in total. The number of rotatable bonds is 19. The molecule has 2 N–H and O–H groups in total. The van der Waals surface area contributed by atoms with E-state index in [2.05, 4.69) is 24.4 Å². The molecule has 184 valence electrons. The minimum absolute atomic E-state index is 0.0863. The largest absolute Gasteiger partial charge is 0.478 e. The number of unbranched alkanes of at least 4 members (excludes halogenated alkanes) is 11. The minimum atomic E-state index is -1.20. The highest BCUT2D eigenvalue weighted by Crippen LogP contribution is 2.19. The fraction of sp³-hybridized carbons (Fsp3) is 0.615. The van der Waals surface area contributed by atoms with Crippen LogP contribution < -0.4 is 5.32 Å². The number of allylic oxidation sites excluding steroid dienone is 2. The van der Waals surface area contributed by atoms with Crippen LogP contribution >= 0.6 is 0 Å². The zero-order valence-corrected chi connectivity index (χ0v) is 20.0. The molecule has 0 radical (unpaired) electrons. The molecule has 1 aromatic carbocycles. The van der Waals surface area contributed by atoms with Crippen molar-refractivity contribution in [3.8, 4) is 0 Å². The number of non-ortho nitro benzene ring substituents is 1. The highest BCUT2D eigenvalue weighted by molar-refractivity contribution is 5.92. The molecule has 1 rings (SSSR count). The number of hydrogen-bond acceptors (Lipinski definition) is 4. The molecule has 0 spiro atoms. The zero-order valence-electron chi connectivity index (χ0n) is 20.0. The molecule has 0 aliphatic heterocycles. The molecule has 1 amide bonds. The van der Waals surface area contributed by atoms with Crippen molar-refractivity contribution in [1.82, 2.24) is 5.32 Å². The van der Waals surface area contributed by atoms with Crippen LogP contribution in [0.2, 0.25) is 0 Å². The van der Waals surface area contributed by atoms with E-state index in [4.69, 9.17) is 0 Å². The molecule has 0 aromatic heterocycles. The van der Waals surface area contributed by atoms with Crippen molar-refractivity contribution in [2.24, 2.45) is 0 Å². The van der Waals surface area contributed by atoms with Crippen LogP contribution in [-0.2, 0) is 11.2 Å². The average molecular weight is 461 g/mol. The summed E-state index contributed by atoms with van der Waals surface area (Å²) in [7, 11) is 0. The second-order valence-electron chi connectivity index (χ2n) is 8.51. The zero-order chi connectivity index (χ0) is 24.3. The van der Waals surface area contributed by atoms with Gasteiger partial charge in [-0.1, -0.05) is 70.4 Å². The Morgan fingerprint density at radius 2 is 1.52 bits per heavy atom. The van der Waals surface area contributed by atoms with Crippen molar-refractivity contribution < 1.29 is 19.6 Å². The van der Waals surface area contributed by atoms with Gasteiger partial charge in [0.1, 0.15) is 0 Å². The summed E-state index contributed by atoms with van der Waals surface area (Å²) in [6.07, 6.45) is 20.1. The summed E-state index contributed by atoms with van der Waals surface area (Å²) in [6.45, 7) is 2.76. The molecule has 7 heteroatoms. The van der Waals surface area contributed by atoms with Crippen LogP contribution in [0.3, 0.4) is 0 Å². The molecule has 0 atom stereocenters. The molecule has 1 aromatic rings. The van der Waals surface area contributed by atoms with Gasteiger partial charge in [0.05, 0.1) is 16.9 Å². The third-order valence-electron chi connectivity index (χ3n) is 5.64. The number of carbonyl (C=O) groups excluding carboxylic acids is 1. The van der Waals surface area contributed by atoms with Gasteiger partial charge in [-0.3, -0.25) is 14.9 Å². The molecular formula is C26H40N2O5. The van der Waals surface area contributed by atoms with Crippen LogP contribution in [-0.4, -0.2) is 28.5 Å². The molecule has 0 unspecified atom stereocenters. The van der Waals surface area contributed by atoms with Crippen LogP contribution in [0, 0.1) is 10.1 Å². The first kappa shape index (κ1) is 28.3. The number of hydrogen-bond donors (Lipinski definition) is 2. The van der Waals surface area contributed by atoms with Gasteiger partial charge in [0.2, 0.25) is 5.91 Å². The molecule has 0 heterocycles. The Hall–Kier alpha value is -2.70. The lowest BCUT2D eigenvalue weighted by molar-refractivity contribution is -0.384. The maximum atomic E-state index is 12.1. The van der Waals surface area contributed by atoms with Crippen molar-refractivity contribution in [3.05, 3.63) is 51.6 Å². The Kier molecular flexibility index (Phi) is 15.3. The maximum absolute atomic E-state index is 12.1. The Balaban J connectivity index is 2.10. The summed E-state index contributed by atoms with van der Waals surface area (Å²) in [5.41, 5.74) is -0.157. The molecule has 0 fully saturated rings. The number of aromatic carboxylic acids is 1. The number of nitrogens with one attached hydrogen (secondary N) is 1. The van der Waals surface area contributed by atoms with Gasteiger partial charge in [0.25, 0.3) is 5.69 Å². The van der Waals surface area contributed by atoms with Gasteiger partial charge in [-0.2, -0.15) is 0 Å². The van der Waals surface area contributed by atoms with E-state index in [0.29, 0.717) is 6.54 Å². The topological polar surface area (TPSA) is 110 Å². The lowest BCUT2D eigenvalue weighted by Gasteiger charge is -2.08. The third kappa shape index (κ3) is 13.4. The van der Waals surface area contributed by atoms with Gasteiger partial charge in [-0.25, -0.2) is 4.79 Å². The molecule has 0 saturated heterocycles. The van der Waals surface area contributed by atoms with E-state index in [1.165, 1.54) is 63.9 Å². The summed E-state index contributed by atoms with van der Waals surface area (Å²) in [5.74, 6) is -1.53. The number of carboxylic acid groups (broad SMARTS) is 1. The van der Waals surface area contributed by atoms with Gasteiger partial charge in [0, 0.05) is 18.7 Å². The summed E-state index contributed by atoms with van der Waals surface area (Å²) in [6, 6.07) is 3.47. The van der Waals surface area contributed by atoms with Crippen molar-refractivity contribution in [3.63, 3.8) is 0 Å². The van der Waals surface area contributed by atoms with Crippen LogP contribution in [0.5, 0.6) is 0 Å². The Bertz CT molecular complexity index is 761. The number of amides is 1. The highest BCUT2D eigenvalue weighted by atomic mass is 16.6. The summed E-state index contributed by atoms with van der Waals surface area (Å²) >= 11 is 0. The number of carbonyl (C=O) groups is 2. The molecule has 33 heavy (non-hydrogen) atoms. The van der Waals surface area contributed by atoms with Crippen LogP contribution in [0.15, 0.2) is 30.4 Å². The average Bonchev–Trinajstić information content (AvgIpc) is 2.78. The van der Waals surface area contributed by atoms with Crippen molar-refractivity contribution in [1.29, 1.82) is 0 Å². The summed E-state index contributed by atoms with van der Waals surface area (Å²) < 4.78 is 0. The molecular weight excluding hydrogens is 420 g/mol. The second-order valence-corrected chi connectivity index (χ2v) is 8.51. The molecule has 0 aliphatic rings. The second kappa shape index (κ2) is 17.8. The van der Waals surface area contributed by atoms with E-state index in [1.807, 2.05) is 0 Å². The van der Waals surface area contributed by atoms with Gasteiger partial charge in [0.15, 0.2) is 0 Å². The lowest BCUT2D eigenvalue weighted by Crippen LogP contribution is -2.26. The van der Waals surface area contributed by atoms with Crippen molar-refractivity contribution in [2.45, 2.75) is 96.8 Å². The number of nitrogens with zero attached hydrogens (tertiary/aromatic N) is 1. The van der Waals surface area contributed by atoms with E-state index >= 15 is 0 Å². The Morgan fingerprint density at radius 3 is 2.09 bits per heavy atom. The predicted octanol–water partition coefficient (Wildman–Crippen LogP) is 6.60. The number of carboxylic acids is 1. The first-order chi connectivity index (χ1) is 16.0. The Morgan fingerprint density at radius 1 is 0.939 bits per heavy atom. The van der Waals surface area contributed by atoms with E-state index in [-0.39, 0.29) is 29.1 Å². The first-order valence-corrected chi connectivity index (χ1v) is 12.4. The van der Waals surface area contributed by atoms with Crippen LogP contribution in [0.1, 0.15) is 106 Å². The quantitative estimate of drug-likeness (QED) is 0.105. The van der Waals surface area contributed by atoms with Gasteiger partial charge in [-0.15, -0.1) is 0 Å². The number of benzene rings is 1. The highest BCUT2D eigenvalue weighted by Gasteiger charge is 2.17. The first-order valence-electron chi connectivity index (χ1n) is 12.4. The number of nitro benzene ring substituents is 1. The van der Waals surface area contributed by atoms with E-state index < -0.39 is 10.9 Å². The fourth-order valence-electron chi connectivity index (χ4n) is 3.71. The minimum Gasteiger partial charge on any atom is -0.478 e. The van der Waals surface area contributed by atoms with Crippen molar-refractivity contribution in [2.75, 3.05) is 6.54 Å². The van der Waals surface area contributed by atoms with Gasteiger partial charge >= 0.3 is 5.97 Å². The molecule has 0 saturated carbocycles. The predicted molar refractivity (Wildman–Crippen MR) is 132 cm³/mol. The smallest absolute Gasteiger partial charge is 0.335 e. The summed E-state index contributed by atoms with van der Waals surface area (Å²) in [5, 5.41) is 22.9.